The van der Waals surface area contributed by atoms with Gasteiger partial charge < -0.3 is 20.3 Å². The molecule has 1 aromatic rings. The maximum atomic E-state index is 11.4. The number of pyridine rings is 1. The number of nitrogens with one attached hydrogen (secondary N) is 1. The maximum absolute atomic E-state index is 11.4. The highest BCUT2D eigenvalue weighted by atomic mass is 35.5. The molecule has 11 heteroatoms. The predicted molar refractivity (Wildman–Crippen MR) is 87.0 cm³/mol. The second-order valence-electron chi connectivity index (χ2n) is 4.71. The zero-order chi connectivity index (χ0) is 19.0. The van der Waals surface area contributed by atoms with Crippen molar-refractivity contribution in [3.05, 3.63) is 12.1 Å². The summed E-state index contributed by atoms with van der Waals surface area (Å²) in [5.74, 6) is -3.51. The number of hydrogen-bond donors (Lipinski definition) is 3. The third kappa shape index (κ3) is 5.60. The molecule has 0 aliphatic rings. The van der Waals surface area contributed by atoms with Crippen molar-refractivity contribution >= 4 is 47.4 Å². The van der Waals surface area contributed by atoms with E-state index in [1.165, 1.54) is 19.2 Å². The fourth-order valence-electron chi connectivity index (χ4n) is 1.94. The first-order valence-electron chi connectivity index (χ1n) is 6.93. The van der Waals surface area contributed by atoms with E-state index in [0.29, 0.717) is 0 Å². The average Bonchev–Trinajstić information content (AvgIpc) is 2.58. The van der Waals surface area contributed by atoms with Crippen LogP contribution in [-0.2, 0) is 19.2 Å². The minimum Gasteiger partial charge on any atom is -0.481 e. The topological polar surface area (TPSA) is 146 Å². The molecule has 0 radical (unpaired) electrons. The fourth-order valence-corrected chi connectivity index (χ4v) is 2.00. The van der Waals surface area contributed by atoms with Crippen molar-refractivity contribution in [2.24, 2.45) is 0 Å². The van der Waals surface area contributed by atoms with Gasteiger partial charge in [-0.3, -0.25) is 19.3 Å². The number of nitrogens with zero attached hydrogens (tertiary/aromatic N) is 2. The SMILES string of the molecule is COc1nc(N(C=O)[C@@H](CCC(=O)O)C(=O)O)ccc1NC(=O)CCl. The van der Waals surface area contributed by atoms with E-state index in [0.717, 1.165) is 4.90 Å². The van der Waals surface area contributed by atoms with Gasteiger partial charge in [0.1, 0.15) is 23.4 Å². The first-order valence-corrected chi connectivity index (χ1v) is 7.46. The summed E-state index contributed by atoms with van der Waals surface area (Å²) in [5.41, 5.74) is 0.181. The zero-order valence-electron chi connectivity index (χ0n) is 13.1. The standard InChI is InChI=1S/C14H16ClN3O7/c1-25-13-8(16-11(20)6-15)2-4-10(17-13)18(7-19)9(14(23)24)3-5-12(21)22/h2,4,7,9H,3,5-6H2,1H3,(H,16,20)(H,21,22)(H,23,24)/t9-/m0/s1. The smallest absolute Gasteiger partial charge is 0.326 e. The lowest BCUT2D eigenvalue weighted by Crippen LogP contribution is -2.41. The number of halogens is 1. The molecule has 1 heterocycles. The summed E-state index contributed by atoms with van der Waals surface area (Å²) in [6.07, 6.45) is -0.514. The van der Waals surface area contributed by atoms with Gasteiger partial charge in [0, 0.05) is 6.42 Å². The molecule has 1 rings (SSSR count). The highest BCUT2D eigenvalue weighted by molar-refractivity contribution is 6.29. The van der Waals surface area contributed by atoms with E-state index in [-0.39, 0.29) is 36.1 Å². The number of alkyl halides is 1. The summed E-state index contributed by atoms with van der Waals surface area (Å²) in [7, 11) is 1.27. The van der Waals surface area contributed by atoms with E-state index in [9.17, 15) is 24.3 Å². The number of carbonyl (C=O) groups is 4. The van der Waals surface area contributed by atoms with Gasteiger partial charge in [0.15, 0.2) is 0 Å². The van der Waals surface area contributed by atoms with Crippen LogP contribution in [0.25, 0.3) is 0 Å². The Labute approximate surface area is 147 Å². The monoisotopic (exact) mass is 373 g/mol. The molecule has 10 nitrogen and oxygen atoms in total. The molecule has 0 fully saturated rings. The quantitative estimate of drug-likeness (QED) is 0.398. The van der Waals surface area contributed by atoms with Crippen molar-refractivity contribution in [3.63, 3.8) is 0 Å². The lowest BCUT2D eigenvalue weighted by atomic mass is 10.1. The van der Waals surface area contributed by atoms with Crippen molar-refractivity contribution in [1.82, 2.24) is 4.98 Å². The van der Waals surface area contributed by atoms with Crippen molar-refractivity contribution < 1.29 is 34.1 Å². The van der Waals surface area contributed by atoms with Crippen LogP contribution in [0.5, 0.6) is 5.88 Å². The molecule has 25 heavy (non-hydrogen) atoms. The normalized spacial score (nSPS) is 11.3. The fraction of sp³-hybridized carbons (Fsp3) is 0.357. The second-order valence-corrected chi connectivity index (χ2v) is 4.97. The predicted octanol–water partition coefficient (Wildman–Crippen LogP) is 0.548. The second kappa shape index (κ2) is 9.42. The first-order chi connectivity index (χ1) is 11.8. The van der Waals surface area contributed by atoms with E-state index in [2.05, 4.69) is 10.3 Å². The Morgan fingerprint density at radius 3 is 2.56 bits per heavy atom. The van der Waals surface area contributed by atoms with Crippen LogP contribution in [0.3, 0.4) is 0 Å². The molecular weight excluding hydrogens is 358 g/mol. The van der Waals surface area contributed by atoms with E-state index >= 15 is 0 Å². The van der Waals surface area contributed by atoms with Gasteiger partial charge in [0.25, 0.3) is 0 Å². The minimum atomic E-state index is -1.42. The van der Waals surface area contributed by atoms with E-state index in [4.69, 9.17) is 21.4 Å². The summed E-state index contributed by atoms with van der Waals surface area (Å²) in [6.45, 7) is 0. The Hall–Kier alpha value is -2.88. The molecule has 0 bridgehead atoms. The number of aromatic nitrogens is 1. The molecule has 0 saturated heterocycles. The number of ether oxygens (including phenoxy) is 1. The zero-order valence-corrected chi connectivity index (χ0v) is 13.9. The molecule has 0 spiro atoms. The molecule has 1 aromatic heterocycles. The highest BCUT2D eigenvalue weighted by Gasteiger charge is 2.28. The van der Waals surface area contributed by atoms with Gasteiger partial charge >= 0.3 is 11.9 Å². The molecule has 0 aliphatic heterocycles. The number of aliphatic carboxylic acids is 2. The largest absolute Gasteiger partial charge is 0.481 e. The van der Waals surface area contributed by atoms with Gasteiger partial charge in [0.05, 0.1) is 7.11 Å². The number of amides is 2. The Balaban J connectivity index is 3.16. The van der Waals surface area contributed by atoms with E-state index < -0.39 is 30.3 Å². The Morgan fingerprint density at radius 2 is 2.08 bits per heavy atom. The number of rotatable bonds is 10. The van der Waals surface area contributed by atoms with Crippen molar-refractivity contribution in [3.8, 4) is 5.88 Å². The number of carboxylic acids is 2. The van der Waals surface area contributed by atoms with Crippen LogP contribution in [0.4, 0.5) is 11.5 Å². The summed E-state index contributed by atoms with van der Waals surface area (Å²) in [5, 5.41) is 20.4. The van der Waals surface area contributed by atoms with Crippen molar-refractivity contribution in [1.29, 1.82) is 0 Å². The van der Waals surface area contributed by atoms with Crippen molar-refractivity contribution in [2.45, 2.75) is 18.9 Å². The Morgan fingerprint density at radius 1 is 1.40 bits per heavy atom. The molecular formula is C14H16ClN3O7. The summed E-state index contributed by atoms with van der Waals surface area (Å²) >= 11 is 5.40. The van der Waals surface area contributed by atoms with Crippen molar-refractivity contribution in [2.75, 3.05) is 23.2 Å². The van der Waals surface area contributed by atoms with Gasteiger partial charge in [-0.25, -0.2) is 4.79 Å². The number of anilines is 2. The summed E-state index contributed by atoms with van der Waals surface area (Å²) in [4.78, 5) is 49.5. The highest BCUT2D eigenvalue weighted by Crippen LogP contribution is 2.27. The molecule has 1 atom stereocenters. The number of carboxylic acid groups (broad SMARTS) is 2. The minimum absolute atomic E-state index is 0.0646. The van der Waals surface area contributed by atoms with Crippen LogP contribution in [0, 0.1) is 0 Å². The summed E-state index contributed by atoms with van der Waals surface area (Å²) < 4.78 is 5.01. The van der Waals surface area contributed by atoms with Gasteiger partial charge in [-0.1, -0.05) is 0 Å². The van der Waals surface area contributed by atoms with Crippen LogP contribution in [0.1, 0.15) is 12.8 Å². The Kier molecular flexibility index (Phi) is 7.60. The van der Waals surface area contributed by atoms with Gasteiger partial charge in [-0.2, -0.15) is 4.98 Å². The van der Waals surface area contributed by atoms with E-state index in [1.807, 2.05) is 0 Å². The van der Waals surface area contributed by atoms with Gasteiger partial charge in [-0.05, 0) is 18.6 Å². The third-order valence-electron chi connectivity index (χ3n) is 3.06. The van der Waals surface area contributed by atoms with Crippen LogP contribution in [0.15, 0.2) is 12.1 Å². The summed E-state index contributed by atoms with van der Waals surface area (Å²) in [6, 6.07) is 1.23. The lowest BCUT2D eigenvalue weighted by molar-refractivity contribution is -0.140. The Bertz CT molecular complexity index is 668. The molecule has 3 N–H and O–H groups in total. The van der Waals surface area contributed by atoms with E-state index in [1.54, 1.807) is 0 Å². The molecule has 0 saturated carbocycles. The maximum Gasteiger partial charge on any atom is 0.326 e. The number of carbonyl (C=O) groups excluding carboxylic acids is 2. The number of hydrogen-bond acceptors (Lipinski definition) is 6. The lowest BCUT2D eigenvalue weighted by Gasteiger charge is -2.24. The van der Waals surface area contributed by atoms with Crippen LogP contribution >= 0.6 is 11.6 Å². The first kappa shape index (κ1) is 20.2. The average molecular weight is 374 g/mol. The molecule has 0 aliphatic carbocycles. The molecule has 0 unspecified atom stereocenters. The number of methoxy groups -OCH3 is 1. The van der Waals surface area contributed by atoms with Crippen LogP contribution in [0.2, 0.25) is 0 Å². The molecule has 136 valence electrons. The molecule has 0 aromatic carbocycles. The van der Waals surface area contributed by atoms with Gasteiger partial charge in [0.2, 0.25) is 18.2 Å². The molecule has 2 amide bonds. The van der Waals surface area contributed by atoms with Crippen LogP contribution < -0.4 is 15.0 Å². The van der Waals surface area contributed by atoms with Crippen LogP contribution in [-0.4, -0.2) is 58.5 Å². The van der Waals surface area contributed by atoms with Gasteiger partial charge in [-0.15, -0.1) is 11.6 Å². The third-order valence-corrected chi connectivity index (χ3v) is 3.31.